The molecular formula is C17H24ClFN2O. The van der Waals surface area contributed by atoms with E-state index in [1.54, 1.807) is 12.1 Å². The Morgan fingerprint density at radius 1 is 1.27 bits per heavy atom. The van der Waals surface area contributed by atoms with Crippen LogP contribution in [-0.2, 0) is 0 Å². The number of hydrogen-bond donors (Lipinski definition) is 3. The second-order valence-electron chi connectivity index (χ2n) is 6.70. The normalized spacial score (nSPS) is 33.3. The lowest BCUT2D eigenvalue weighted by atomic mass is 9.82. The minimum Gasteiger partial charge on any atom is -0.378 e. The fourth-order valence-corrected chi connectivity index (χ4v) is 4.24. The first kappa shape index (κ1) is 16.2. The summed E-state index contributed by atoms with van der Waals surface area (Å²) in [4.78, 5) is 0. The van der Waals surface area contributed by atoms with Crippen molar-refractivity contribution in [2.24, 2.45) is 11.7 Å². The molecule has 2 aliphatic rings. The summed E-state index contributed by atoms with van der Waals surface area (Å²) in [6.07, 6.45) is 6.48. The van der Waals surface area contributed by atoms with Gasteiger partial charge in [-0.3, -0.25) is 5.32 Å². The molecule has 1 aromatic rings. The standard InChI is InChI=1S/C17H24ClFN2O/c18-12-8-4-7-11(15(12)19)14-16(20)13(21-17(14)22)9-10-5-2-1-3-6-10/h4,7-8,10,13-14,16-17,21-22H,1-3,5-6,9,20H2. The number of hydrogen-bond acceptors (Lipinski definition) is 3. The minimum absolute atomic E-state index is 0.0291. The van der Waals surface area contributed by atoms with Crippen molar-refractivity contribution in [2.75, 3.05) is 0 Å². The van der Waals surface area contributed by atoms with Crippen LogP contribution < -0.4 is 11.1 Å². The largest absolute Gasteiger partial charge is 0.378 e. The molecule has 0 spiro atoms. The highest BCUT2D eigenvalue weighted by Crippen LogP contribution is 2.36. The summed E-state index contributed by atoms with van der Waals surface area (Å²) in [5.41, 5.74) is 6.76. The van der Waals surface area contributed by atoms with Crippen LogP contribution >= 0.6 is 11.6 Å². The summed E-state index contributed by atoms with van der Waals surface area (Å²) >= 11 is 5.86. The third kappa shape index (κ3) is 3.16. The number of aliphatic hydroxyl groups excluding tert-OH is 1. The second kappa shape index (κ2) is 6.83. The van der Waals surface area contributed by atoms with Crippen molar-refractivity contribution < 1.29 is 9.50 Å². The Morgan fingerprint density at radius 3 is 2.73 bits per heavy atom. The molecule has 4 N–H and O–H groups in total. The Kier molecular flexibility index (Phi) is 5.03. The Labute approximate surface area is 136 Å². The highest BCUT2D eigenvalue weighted by molar-refractivity contribution is 6.30. The molecule has 1 aliphatic carbocycles. The van der Waals surface area contributed by atoms with Crippen LogP contribution in [0.4, 0.5) is 4.39 Å². The molecule has 0 aromatic heterocycles. The van der Waals surface area contributed by atoms with Gasteiger partial charge in [0.15, 0.2) is 0 Å². The Hall–Kier alpha value is -0.680. The van der Waals surface area contributed by atoms with Crippen molar-refractivity contribution in [1.29, 1.82) is 0 Å². The molecule has 1 aliphatic heterocycles. The first-order chi connectivity index (χ1) is 10.6. The van der Waals surface area contributed by atoms with Gasteiger partial charge in [-0.25, -0.2) is 4.39 Å². The molecule has 22 heavy (non-hydrogen) atoms. The third-order valence-electron chi connectivity index (χ3n) is 5.26. The lowest BCUT2D eigenvalue weighted by molar-refractivity contribution is 0.133. The summed E-state index contributed by atoms with van der Waals surface area (Å²) in [6, 6.07) is 4.61. The molecule has 4 unspecified atom stereocenters. The van der Waals surface area contributed by atoms with Gasteiger partial charge in [-0.15, -0.1) is 0 Å². The van der Waals surface area contributed by atoms with Crippen LogP contribution in [-0.4, -0.2) is 23.4 Å². The van der Waals surface area contributed by atoms with Gasteiger partial charge in [-0.05, 0) is 24.0 Å². The summed E-state index contributed by atoms with van der Waals surface area (Å²) in [7, 11) is 0. The van der Waals surface area contributed by atoms with Crippen molar-refractivity contribution in [1.82, 2.24) is 5.32 Å². The predicted molar refractivity (Wildman–Crippen MR) is 86.2 cm³/mol. The van der Waals surface area contributed by atoms with E-state index in [1.807, 2.05) is 0 Å². The summed E-state index contributed by atoms with van der Waals surface area (Å²) in [6.45, 7) is 0. The molecule has 5 heteroatoms. The Morgan fingerprint density at radius 2 is 2.00 bits per heavy atom. The smallest absolute Gasteiger partial charge is 0.145 e. The average Bonchev–Trinajstić information content (AvgIpc) is 2.78. The van der Waals surface area contributed by atoms with Crippen molar-refractivity contribution in [3.8, 4) is 0 Å². The number of rotatable bonds is 3. The van der Waals surface area contributed by atoms with Crippen LogP contribution in [0.2, 0.25) is 5.02 Å². The Bertz CT molecular complexity index is 521. The zero-order chi connectivity index (χ0) is 15.7. The van der Waals surface area contributed by atoms with Gasteiger partial charge in [0.25, 0.3) is 0 Å². The molecular weight excluding hydrogens is 303 g/mol. The summed E-state index contributed by atoms with van der Waals surface area (Å²) < 4.78 is 14.3. The summed E-state index contributed by atoms with van der Waals surface area (Å²) in [5.74, 6) is -0.261. The third-order valence-corrected chi connectivity index (χ3v) is 5.55. The molecule has 0 bridgehead atoms. The van der Waals surface area contributed by atoms with Crippen molar-refractivity contribution >= 4 is 11.6 Å². The van der Waals surface area contributed by atoms with Crippen LogP contribution in [0.25, 0.3) is 0 Å². The molecule has 1 heterocycles. The highest BCUT2D eigenvalue weighted by atomic mass is 35.5. The van der Waals surface area contributed by atoms with Gasteiger partial charge in [0.2, 0.25) is 0 Å². The van der Waals surface area contributed by atoms with E-state index < -0.39 is 18.0 Å². The van der Waals surface area contributed by atoms with E-state index in [0.29, 0.717) is 11.5 Å². The monoisotopic (exact) mass is 326 g/mol. The molecule has 2 fully saturated rings. The first-order valence-electron chi connectivity index (χ1n) is 8.21. The van der Waals surface area contributed by atoms with Crippen molar-refractivity contribution in [3.63, 3.8) is 0 Å². The first-order valence-corrected chi connectivity index (χ1v) is 8.59. The maximum Gasteiger partial charge on any atom is 0.145 e. The topological polar surface area (TPSA) is 58.3 Å². The van der Waals surface area contributed by atoms with Crippen LogP contribution in [0, 0.1) is 11.7 Å². The highest BCUT2D eigenvalue weighted by Gasteiger charge is 2.42. The average molecular weight is 327 g/mol. The van der Waals surface area contributed by atoms with Gasteiger partial charge in [0, 0.05) is 18.0 Å². The zero-order valence-corrected chi connectivity index (χ0v) is 13.4. The number of nitrogens with one attached hydrogen (secondary N) is 1. The van der Waals surface area contributed by atoms with Crippen LogP contribution in [0.5, 0.6) is 0 Å². The molecule has 3 rings (SSSR count). The second-order valence-corrected chi connectivity index (χ2v) is 7.11. The summed E-state index contributed by atoms with van der Waals surface area (Å²) in [5, 5.41) is 13.6. The molecule has 3 nitrogen and oxygen atoms in total. The van der Waals surface area contributed by atoms with E-state index in [9.17, 15) is 9.50 Å². The van der Waals surface area contributed by atoms with Gasteiger partial charge < -0.3 is 10.8 Å². The SMILES string of the molecule is NC1C(CC2CCCCC2)NC(O)C1c1cccc(Cl)c1F. The minimum atomic E-state index is -0.823. The molecule has 1 saturated carbocycles. The Balaban J connectivity index is 1.74. The van der Waals surface area contributed by atoms with E-state index in [-0.39, 0.29) is 17.1 Å². The number of nitrogens with two attached hydrogens (primary N) is 1. The zero-order valence-electron chi connectivity index (χ0n) is 12.6. The van der Waals surface area contributed by atoms with Crippen LogP contribution in [0.1, 0.15) is 50.0 Å². The molecule has 122 valence electrons. The van der Waals surface area contributed by atoms with Gasteiger partial charge >= 0.3 is 0 Å². The van der Waals surface area contributed by atoms with E-state index in [4.69, 9.17) is 17.3 Å². The van der Waals surface area contributed by atoms with Crippen LogP contribution in [0.3, 0.4) is 0 Å². The maximum absolute atomic E-state index is 14.3. The molecule has 1 aromatic carbocycles. The maximum atomic E-state index is 14.3. The number of benzene rings is 1. The van der Waals surface area contributed by atoms with Gasteiger partial charge in [0.1, 0.15) is 12.0 Å². The fraction of sp³-hybridized carbons (Fsp3) is 0.647. The van der Waals surface area contributed by atoms with Gasteiger partial charge in [-0.2, -0.15) is 0 Å². The molecule has 0 radical (unpaired) electrons. The predicted octanol–water partition coefficient (Wildman–Crippen LogP) is 3.15. The van der Waals surface area contributed by atoms with Gasteiger partial charge in [-0.1, -0.05) is 55.8 Å². The van der Waals surface area contributed by atoms with E-state index in [0.717, 1.165) is 6.42 Å². The van der Waals surface area contributed by atoms with Crippen molar-refractivity contribution in [2.45, 2.75) is 62.8 Å². The van der Waals surface area contributed by atoms with E-state index in [2.05, 4.69) is 5.32 Å². The molecule has 0 amide bonds. The quantitative estimate of drug-likeness (QED) is 0.799. The molecule has 4 atom stereocenters. The van der Waals surface area contributed by atoms with E-state index in [1.165, 1.54) is 38.2 Å². The van der Waals surface area contributed by atoms with Crippen LogP contribution in [0.15, 0.2) is 18.2 Å². The lowest BCUT2D eigenvalue weighted by Crippen LogP contribution is -2.40. The number of aliphatic hydroxyl groups is 1. The number of halogens is 2. The van der Waals surface area contributed by atoms with Crippen molar-refractivity contribution in [3.05, 3.63) is 34.6 Å². The van der Waals surface area contributed by atoms with E-state index >= 15 is 0 Å². The lowest BCUT2D eigenvalue weighted by Gasteiger charge is -2.27. The van der Waals surface area contributed by atoms with Gasteiger partial charge in [0.05, 0.1) is 5.02 Å². The molecule has 1 saturated heterocycles. The fourth-order valence-electron chi connectivity index (χ4n) is 4.06.